The number of hydrogen-bond acceptors (Lipinski definition) is 1. The second kappa shape index (κ2) is 4.45. The van der Waals surface area contributed by atoms with Gasteiger partial charge in [0.1, 0.15) is 0 Å². The maximum Gasteiger partial charge on any atom is 0.0487 e. The van der Waals surface area contributed by atoms with Crippen LogP contribution in [0.1, 0.15) is 18.7 Å². The quantitative estimate of drug-likeness (QED) is 0.642. The highest BCUT2D eigenvalue weighted by atomic mass is 32.1. The summed E-state index contributed by atoms with van der Waals surface area (Å²) in [6.45, 7) is 11.8. The van der Waals surface area contributed by atoms with Crippen molar-refractivity contribution in [3.8, 4) is 0 Å². The SMILES string of the molecule is CC(C)=C(C[Si](C)(C)C)c1cccs1. The van der Waals surface area contributed by atoms with Crippen LogP contribution in [0.5, 0.6) is 0 Å². The molecule has 0 nitrogen and oxygen atoms in total. The molecule has 1 aromatic heterocycles. The van der Waals surface area contributed by atoms with E-state index in [0.29, 0.717) is 0 Å². The molecule has 78 valence electrons. The fourth-order valence-electron chi connectivity index (χ4n) is 1.49. The third-order valence-electron chi connectivity index (χ3n) is 2.13. The molecule has 0 saturated carbocycles. The summed E-state index contributed by atoms with van der Waals surface area (Å²) in [6, 6.07) is 5.69. The highest BCUT2D eigenvalue weighted by Gasteiger charge is 2.17. The van der Waals surface area contributed by atoms with Crippen molar-refractivity contribution in [2.45, 2.75) is 39.5 Å². The Bertz CT molecular complexity index is 311. The van der Waals surface area contributed by atoms with Crippen LogP contribution in [0.3, 0.4) is 0 Å². The van der Waals surface area contributed by atoms with Crippen molar-refractivity contribution in [3.05, 3.63) is 28.0 Å². The molecule has 0 N–H and O–H groups in total. The van der Waals surface area contributed by atoms with E-state index >= 15 is 0 Å². The zero-order valence-corrected chi connectivity index (χ0v) is 11.7. The van der Waals surface area contributed by atoms with Gasteiger partial charge in [-0.15, -0.1) is 11.3 Å². The van der Waals surface area contributed by atoms with Crippen LogP contribution in [-0.4, -0.2) is 8.07 Å². The molecule has 0 amide bonds. The summed E-state index contributed by atoms with van der Waals surface area (Å²) < 4.78 is 0. The van der Waals surface area contributed by atoms with Gasteiger partial charge in [0.05, 0.1) is 0 Å². The Morgan fingerprint density at radius 1 is 1.29 bits per heavy atom. The van der Waals surface area contributed by atoms with E-state index in [-0.39, 0.29) is 0 Å². The Labute approximate surface area is 92.7 Å². The van der Waals surface area contributed by atoms with Gasteiger partial charge in [0.2, 0.25) is 0 Å². The monoisotopic (exact) mass is 224 g/mol. The van der Waals surface area contributed by atoms with Crippen molar-refractivity contribution < 1.29 is 0 Å². The van der Waals surface area contributed by atoms with Gasteiger partial charge in [0.25, 0.3) is 0 Å². The molecule has 2 heteroatoms. The molecule has 0 radical (unpaired) electrons. The highest BCUT2D eigenvalue weighted by Crippen LogP contribution is 2.31. The van der Waals surface area contributed by atoms with Crippen molar-refractivity contribution >= 4 is 25.0 Å². The van der Waals surface area contributed by atoms with E-state index in [1.54, 1.807) is 5.57 Å². The zero-order chi connectivity index (χ0) is 10.8. The second-order valence-electron chi connectivity index (χ2n) is 5.19. The molecule has 0 aliphatic carbocycles. The molecule has 0 spiro atoms. The average molecular weight is 224 g/mol. The van der Waals surface area contributed by atoms with Crippen molar-refractivity contribution in [3.63, 3.8) is 0 Å². The fraction of sp³-hybridized carbons (Fsp3) is 0.500. The number of hydrogen-bond donors (Lipinski definition) is 0. The third kappa shape index (κ3) is 3.43. The summed E-state index contributed by atoms with van der Waals surface area (Å²) in [4.78, 5) is 1.47. The zero-order valence-electron chi connectivity index (χ0n) is 9.85. The smallest absolute Gasteiger partial charge is 0.0487 e. The summed E-state index contributed by atoms with van der Waals surface area (Å²) in [5.74, 6) is 0. The minimum absolute atomic E-state index is 0.990. The van der Waals surface area contributed by atoms with Gasteiger partial charge < -0.3 is 0 Å². The summed E-state index contributed by atoms with van der Waals surface area (Å²) >= 11 is 1.86. The minimum atomic E-state index is -0.990. The first-order valence-electron chi connectivity index (χ1n) is 5.10. The van der Waals surface area contributed by atoms with Crippen LogP contribution in [0.2, 0.25) is 25.7 Å². The van der Waals surface area contributed by atoms with Crippen LogP contribution in [0.25, 0.3) is 5.57 Å². The van der Waals surface area contributed by atoms with E-state index < -0.39 is 8.07 Å². The molecular weight excluding hydrogens is 204 g/mol. The molecule has 1 rings (SSSR count). The van der Waals surface area contributed by atoms with Crippen LogP contribution in [0.15, 0.2) is 23.1 Å². The Hall–Kier alpha value is -0.343. The molecular formula is C12H20SSi. The molecule has 1 heterocycles. The molecule has 0 aliphatic heterocycles. The van der Waals surface area contributed by atoms with Gasteiger partial charge in [-0.05, 0) is 36.9 Å². The van der Waals surface area contributed by atoms with Crippen LogP contribution in [0.4, 0.5) is 0 Å². The van der Waals surface area contributed by atoms with E-state index in [0.717, 1.165) is 0 Å². The van der Waals surface area contributed by atoms with Crippen LogP contribution in [0, 0.1) is 0 Å². The van der Waals surface area contributed by atoms with Gasteiger partial charge in [-0.25, -0.2) is 0 Å². The molecule has 0 aromatic carbocycles. The van der Waals surface area contributed by atoms with Crippen LogP contribution in [-0.2, 0) is 0 Å². The van der Waals surface area contributed by atoms with Crippen molar-refractivity contribution in [2.75, 3.05) is 0 Å². The molecule has 0 aliphatic rings. The fourth-order valence-corrected chi connectivity index (χ4v) is 4.10. The van der Waals surface area contributed by atoms with Gasteiger partial charge in [0.15, 0.2) is 0 Å². The van der Waals surface area contributed by atoms with Gasteiger partial charge in [-0.3, -0.25) is 0 Å². The summed E-state index contributed by atoms with van der Waals surface area (Å²) in [7, 11) is -0.990. The maximum atomic E-state index is 2.43. The highest BCUT2D eigenvalue weighted by molar-refractivity contribution is 7.11. The first-order valence-corrected chi connectivity index (χ1v) is 9.69. The van der Waals surface area contributed by atoms with Gasteiger partial charge in [-0.2, -0.15) is 0 Å². The normalized spacial score (nSPS) is 11.5. The van der Waals surface area contributed by atoms with Gasteiger partial charge in [-0.1, -0.05) is 31.3 Å². The number of thiophene rings is 1. The molecule has 0 atom stereocenters. The first-order chi connectivity index (χ1) is 6.40. The molecule has 0 saturated heterocycles. The van der Waals surface area contributed by atoms with E-state index in [1.807, 2.05) is 11.3 Å². The Morgan fingerprint density at radius 2 is 1.93 bits per heavy atom. The second-order valence-corrected chi connectivity index (χ2v) is 11.6. The minimum Gasteiger partial charge on any atom is -0.144 e. The Balaban J connectivity index is 2.95. The maximum absolute atomic E-state index is 2.43. The molecule has 14 heavy (non-hydrogen) atoms. The topological polar surface area (TPSA) is 0 Å². The van der Waals surface area contributed by atoms with E-state index in [4.69, 9.17) is 0 Å². The molecule has 0 bridgehead atoms. The van der Waals surface area contributed by atoms with Crippen molar-refractivity contribution in [1.82, 2.24) is 0 Å². The Kier molecular flexibility index (Phi) is 3.73. The molecule has 0 fully saturated rings. The van der Waals surface area contributed by atoms with Crippen molar-refractivity contribution in [2.24, 2.45) is 0 Å². The van der Waals surface area contributed by atoms with Crippen molar-refractivity contribution in [1.29, 1.82) is 0 Å². The van der Waals surface area contributed by atoms with Crippen LogP contribution < -0.4 is 0 Å². The molecule has 1 aromatic rings. The standard InChI is InChI=1S/C12H20SSi/c1-10(2)11(9-14(3,4)5)12-7-6-8-13-12/h6-8H,9H2,1-5H3. The first kappa shape index (κ1) is 11.7. The predicted molar refractivity (Wildman–Crippen MR) is 70.7 cm³/mol. The lowest BCUT2D eigenvalue weighted by atomic mass is 10.1. The lowest BCUT2D eigenvalue weighted by molar-refractivity contribution is 1.35. The third-order valence-corrected chi connectivity index (χ3v) is 4.47. The van der Waals surface area contributed by atoms with Gasteiger partial charge >= 0.3 is 0 Å². The number of allylic oxidation sites excluding steroid dienone is 2. The summed E-state index contributed by atoms with van der Waals surface area (Å²) in [6.07, 6.45) is 0. The van der Waals surface area contributed by atoms with Crippen LogP contribution >= 0.6 is 11.3 Å². The largest absolute Gasteiger partial charge is 0.144 e. The lowest BCUT2D eigenvalue weighted by Crippen LogP contribution is -2.19. The van der Waals surface area contributed by atoms with E-state index in [9.17, 15) is 0 Å². The summed E-state index contributed by atoms with van der Waals surface area (Å²) in [5.41, 5.74) is 3.06. The van der Waals surface area contributed by atoms with E-state index in [2.05, 4.69) is 51.0 Å². The molecule has 0 unspecified atom stereocenters. The average Bonchev–Trinajstić information content (AvgIpc) is 2.49. The number of rotatable bonds is 3. The summed E-state index contributed by atoms with van der Waals surface area (Å²) in [5, 5.41) is 2.17. The van der Waals surface area contributed by atoms with Gasteiger partial charge in [0, 0.05) is 13.0 Å². The van der Waals surface area contributed by atoms with E-state index in [1.165, 1.54) is 16.5 Å². The predicted octanol–water partition coefficient (Wildman–Crippen LogP) is 4.88. The lowest BCUT2D eigenvalue weighted by Gasteiger charge is -2.19. The Morgan fingerprint density at radius 3 is 2.29 bits per heavy atom.